The van der Waals surface area contributed by atoms with Gasteiger partial charge in [-0.2, -0.15) is 0 Å². The molecule has 0 aliphatic heterocycles. The molecular formula is C36H31N3O2S2Y2-2. The van der Waals surface area contributed by atoms with Crippen LogP contribution in [0.1, 0.15) is 28.5 Å². The van der Waals surface area contributed by atoms with E-state index in [9.17, 15) is 10.2 Å². The molecule has 5 rings (SSSR count). The second-order valence-corrected chi connectivity index (χ2v) is 11.4. The molecule has 1 atom stereocenters. The number of hydrogen-bond donors (Lipinski definition) is 2. The van der Waals surface area contributed by atoms with Crippen LogP contribution >= 0.6 is 23.5 Å². The summed E-state index contributed by atoms with van der Waals surface area (Å²) in [5.41, 5.74) is 11.5. The summed E-state index contributed by atoms with van der Waals surface area (Å²) in [4.78, 5) is 11.6. The average molecular weight is 780 g/mol. The van der Waals surface area contributed by atoms with Gasteiger partial charge in [0.15, 0.2) is 0 Å². The minimum Gasteiger partial charge on any atom is -0.828 e. The van der Waals surface area contributed by atoms with Gasteiger partial charge in [-0.1, -0.05) is 88.5 Å². The van der Waals surface area contributed by atoms with Gasteiger partial charge in [-0.05, 0) is 72.4 Å². The summed E-state index contributed by atoms with van der Waals surface area (Å²) in [6, 6.07) is 35.7. The molecule has 0 fully saturated rings. The third-order valence-corrected chi connectivity index (χ3v) is 8.50. The standard InChI is InChI=1S/C36H30N3O2S2.2Y/c1-42-29-15-11-24(12-16-29)31-9-5-3-7-26(31)22-38-34-20-33(36(40)41)35(19-28(34)21-37)39-23-27-8-4-6-10-32(27)25-13-17-30(43-2)18-14-25;;/h3-20,36,40H,21,37H2,1-2H3;;/q-3;;/p+1. The molecule has 0 saturated carbocycles. The summed E-state index contributed by atoms with van der Waals surface area (Å²) >= 11 is 3.39. The predicted molar refractivity (Wildman–Crippen MR) is 178 cm³/mol. The van der Waals surface area contributed by atoms with Gasteiger partial charge in [0.1, 0.15) is 0 Å². The van der Waals surface area contributed by atoms with Crippen LogP contribution in [-0.4, -0.2) is 30.0 Å². The molecule has 0 saturated heterocycles. The van der Waals surface area contributed by atoms with E-state index < -0.39 is 6.29 Å². The fraction of sp³-hybridized carbons (Fsp3) is 0.111. The van der Waals surface area contributed by atoms with E-state index in [0.717, 1.165) is 38.9 Å². The molecule has 5 aromatic rings. The van der Waals surface area contributed by atoms with Crippen molar-refractivity contribution in [2.45, 2.75) is 22.6 Å². The third kappa shape index (κ3) is 9.63. The molecule has 5 aromatic carbocycles. The van der Waals surface area contributed by atoms with Crippen LogP contribution in [0.2, 0.25) is 0 Å². The van der Waals surface area contributed by atoms with Crippen LogP contribution in [0.5, 0.6) is 0 Å². The molecule has 4 N–H and O–H groups in total. The summed E-state index contributed by atoms with van der Waals surface area (Å²) in [6.07, 6.45) is 8.39. The van der Waals surface area contributed by atoms with Crippen LogP contribution in [0.3, 0.4) is 0 Å². The van der Waals surface area contributed by atoms with Crippen molar-refractivity contribution in [3.05, 3.63) is 131 Å². The van der Waals surface area contributed by atoms with Crippen molar-refractivity contribution in [1.29, 1.82) is 0 Å². The first-order chi connectivity index (χ1) is 21.0. The number of benzene rings is 5. The summed E-state index contributed by atoms with van der Waals surface area (Å²) in [6.45, 7) is 0.411. The van der Waals surface area contributed by atoms with E-state index in [0.29, 0.717) is 17.9 Å². The average Bonchev–Trinajstić information content (AvgIpc) is 3.06. The van der Waals surface area contributed by atoms with Crippen LogP contribution in [0, 0.1) is 0 Å². The van der Waals surface area contributed by atoms with Crippen LogP contribution in [-0.2, 0) is 72.0 Å². The summed E-state index contributed by atoms with van der Waals surface area (Å²) in [5, 5.41) is 22.6. The largest absolute Gasteiger partial charge is 0.828 e. The molecule has 5 nitrogen and oxygen atoms in total. The molecule has 222 valence electrons. The Morgan fingerprint density at radius 1 is 0.689 bits per heavy atom. The van der Waals surface area contributed by atoms with Gasteiger partial charge in [-0.3, -0.25) is 0 Å². The number of aliphatic hydroxyl groups excluding tert-OH is 1. The van der Waals surface area contributed by atoms with Gasteiger partial charge in [0, 0.05) is 75.2 Å². The molecule has 0 bridgehead atoms. The van der Waals surface area contributed by atoms with Gasteiger partial charge >= 0.3 is 0 Å². The molecule has 0 amide bonds. The maximum atomic E-state index is 12.4. The van der Waals surface area contributed by atoms with Crippen molar-refractivity contribution in [3.8, 4) is 22.3 Å². The maximum Gasteiger partial charge on any atom is 0.0925 e. The van der Waals surface area contributed by atoms with Crippen LogP contribution in [0.4, 0.5) is 11.4 Å². The third-order valence-electron chi connectivity index (χ3n) is 7.01. The number of rotatable bonds is 10. The minimum atomic E-state index is -2.00. The normalized spacial score (nSPS) is 11.8. The molecule has 1 unspecified atom stereocenters. The van der Waals surface area contributed by atoms with Gasteiger partial charge in [0.25, 0.3) is 0 Å². The Bertz CT molecular complexity index is 1760. The second kappa shape index (κ2) is 18.5. The van der Waals surface area contributed by atoms with Crippen LogP contribution in [0.25, 0.3) is 22.3 Å². The molecule has 0 aliphatic rings. The maximum absolute atomic E-state index is 12.4. The number of aliphatic hydroxyl groups is 1. The number of thioether (sulfide) groups is 2. The fourth-order valence-electron chi connectivity index (χ4n) is 4.68. The molecular weight excluding hydrogens is 748 g/mol. The quantitative estimate of drug-likeness (QED) is 0.0706. The molecule has 2 radical (unpaired) electrons. The van der Waals surface area contributed by atoms with Gasteiger partial charge < -0.3 is 25.9 Å². The molecule has 0 spiro atoms. The predicted octanol–water partition coefficient (Wildman–Crippen LogP) is 6.81. The van der Waals surface area contributed by atoms with Gasteiger partial charge in [-0.25, -0.2) is 0 Å². The first kappa shape index (κ1) is 37.7. The Morgan fingerprint density at radius 2 is 1.13 bits per heavy atom. The number of aliphatic imine (C=N–C) groups is 2. The van der Waals surface area contributed by atoms with Crippen molar-refractivity contribution in [1.82, 2.24) is 0 Å². The molecule has 45 heavy (non-hydrogen) atoms. The van der Waals surface area contributed by atoms with E-state index in [1.165, 1.54) is 9.79 Å². The van der Waals surface area contributed by atoms with E-state index in [4.69, 9.17) is 0 Å². The van der Waals surface area contributed by atoms with E-state index in [1.54, 1.807) is 35.7 Å². The first-order valence-corrected chi connectivity index (χ1v) is 16.2. The Labute approximate surface area is 324 Å². The van der Waals surface area contributed by atoms with Crippen molar-refractivity contribution >= 4 is 47.3 Å². The van der Waals surface area contributed by atoms with Crippen molar-refractivity contribution < 1.29 is 81.4 Å². The van der Waals surface area contributed by atoms with Gasteiger partial charge in [0.05, 0.1) is 6.54 Å². The number of nitrogens with zero attached hydrogens (tertiary/aromatic N) is 2. The Kier molecular flexibility index (Phi) is 15.5. The summed E-state index contributed by atoms with van der Waals surface area (Å²) < 4.78 is 0. The van der Waals surface area contributed by atoms with Crippen molar-refractivity contribution in [3.63, 3.8) is 0 Å². The molecule has 0 aliphatic carbocycles. The first-order valence-electron chi connectivity index (χ1n) is 13.7. The Hall–Kier alpha value is -1.77. The van der Waals surface area contributed by atoms with E-state index >= 15 is 0 Å². The van der Waals surface area contributed by atoms with Crippen LogP contribution in [0.15, 0.2) is 129 Å². The zero-order valence-electron chi connectivity index (χ0n) is 25.1. The fourth-order valence-corrected chi connectivity index (χ4v) is 5.50. The van der Waals surface area contributed by atoms with E-state index in [2.05, 4.69) is 82.9 Å². The number of hydrogen-bond acceptors (Lipinski definition) is 6. The van der Waals surface area contributed by atoms with Gasteiger partial charge in [0.2, 0.25) is 0 Å². The minimum absolute atomic E-state index is 0. The number of quaternary nitrogens is 1. The zero-order chi connectivity index (χ0) is 30.2. The topological polar surface area (TPSA) is 95.7 Å². The molecule has 9 heteroatoms. The summed E-state index contributed by atoms with van der Waals surface area (Å²) in [5.74, 6) is 0. The summed E-state index contributed by atoms with van der Waals surface area (Å²) in [7, 11) is 0. The van der Waals surface area contributed by atoms with Crippen molar-refractivity contribution in [2.75, 3.05) is 12.5 Å². The molecule has 0 heterocycles. The smallest absolute Gasteiger partial charge is 0.0925 e. The van der Waals surface area contributed by atoms with E-state index in [1.807, 2.05) is 54.8 Å². The molecule has 0 aromatic heterocycles. The SMILES string of the molecule is CSc1ccc(-c2ccccc2[C-]=Nc2cc(C([O-])O)c(N=[C-]c3ccccc3-c3ccc(SC)cc3)cc2C[NH3+])cc1.[Y].[Y]. The Balaban J connectivity index is 0.00000276. The van der Waals surface area contributed by atoms with Crippen molar-refractivity contribution in [2.24, 2.45) is 9.98 Å². The van der Waals surface area contributed by atoms with E-state index in [-0.39, 0.29) is 71.0 Å². The van der Waals surface area contributed by atoms with Crippen LogP contribution < -0.4 is 10.8 Å². The second-order valence-electron chi connectivity index (χ2n) is 9.64. The van der Waals surface area contributed by atoms with Gasteiger partial charge in [-0.15, -0.1) is 58.9 Å². The zero-order valence-corrected chi connectivity index (χ0v) is 32.4. The Morgan fingerprint density at radius 3 is 1.56 bits per heavy atom. The monoisotopic (exact) mass is 779 g/mol.